The van der Waals surface area contributed by atoms with Crippen LogP contribution >= 0.6 is 11.3 Å². The number of rotatable bonds is 5. The molecule has 1 amide bonds. The van der Waals surface area contributed by atoms with Gasteiger partial charge in [0.15, 0.2) is 5.13 Å². The molecule has 3 rings (SSSR count). The number of anilines is 1. The van der Waals surface area contributed by atoms with Gasteiger partial charge in [0.25, 0.3) is 11.7 Å². The standard InChI is InChI=1S/C20H19F3N4O2S/c1-10(2)15-9-30-19(24-15)25-18(29)17(28)16-11(3)26-27(12(16)4)14-7-5-6-13(8-14)20(21,22)23/h5-10H,1-4H3,(H,24,25,29). The van der Waals surface area contributed by atoms with Gasteiger partial charge in [-0.2, -0.15) is 18.3 Å². The maximum absolute atomic E-state index is 13.0. The zero-order valence-corrected chi connectivity index (χ0v) is 17.5. The molecule has 0 saturated carbocycles. The summed E-state index contributed by atoms with van der Waals surface area (Å²) < 4.78 is 40.3. The third-order valence-corrected chi connectivity index (χ3v) is 5.25. The van der Waals surface area contributed by atoms with Gasteiger partial charge < -0.3 is 0 Å². The van der Waals surface area contributed by atoms with Crippen molar-refractivity contribution in [1.29, 1.82) is 0 Å². The number of alkyl halides is 3. The fraction of sp³-hybridized carbons (Fsp3) is 0.300. The van der Waals surface area contributed by atoms with Crippen molar-refractivity contribution in [3.05, 3.63) is 57.9 Å². The van der Waals surface area contributed by atoms with E-state index in [1.165, 1.54) is 42.0 Å². The van der Waals surface area contributed by atoms with Gasteiger partial charge in [-0.3, -0.25) is 14.9 Å². The predicted octanol–water partition coefficient (Wildman–Crippen LogP) is 4.91. The maximum Gasteiger partial charge on any atom is 0.416 e. The molecule has 0 aliphatic carbocycles. The number of Topliss-reactive ketones (excluding diaryl/α,β-unsaturated/α-hetero) is 1. The molecular formula is C20H19F3N4O2S. The van der Waals surface area contributed by atoms with E-state index in [9.17, 15) is 22.8 Å². The molecule has 0 spiro atoms. The maximum atomic E-state index is 13.0. The summed E-state index contributed by atoms with van der Waals surface area (Å²) in [5, 5.41) is 8.76. The van der Waals surface area contributed by atoms with E-state index in [1.54, 1.807) is 5.38 Å². The second kappa shape index (κ2) is 8.02. The lowest BCUT2D eigenvalue weighted by atomic mass is 10.1. The van der Waals surface area contributed by atoms with Crippen LogP contribution in [0.2, 0.25) is 0 Å². The Balaban J connectivity index is 1.89. The third kappa shape index (κ3) is 4.28. The summed E-state index contributed by atoms with van der Waals surface area (Å²) in [7, 11) is 0. The Bertz CT molecular complexity index is 1120. The van der Waals surface area contributed by atoms with Crippen LogP contribution in [0, 0.1) is 13.8 Å². The first-order valence-corrected chi connectivity index (χ1v) is 9.92. The van der Waals surface area contributed by atoms with Crippen molar-refractivity contribution < 1.29 is 22.8 Å². The number of benzene rings is 1. The number of carbonyl (C=O) groups excluding carboxylic acids is 2. The van der Waals surface area contributed by atoms with Crippen molar-refractivity contribution in [1.82, 2.24) is 14.8 Å². The van der Waals surface area contributed by atoms with Crippen LogP contribution < -0.4 is 5.32 Å². The van der Waals surface area contributed by atoms with E-state index in [2.05, 4.69) is 15.4 Å². The molecule has 30 heavy (non-hydrogen) atoms. The molecule has 0 saturated heterocycles. The third-order valence-electron chi connectivity index (χ3n) is 4.48. The largest absolute Gasteiger partial charge is 0.416 e. The van der Waals surface area contributed by atoms with Gasteiger partial charge in [0.2, 0.25) is 0 Å². The number of hydrogen-bond donors (Lipinski definition) is 1. The van der Waals surface area contributed by atoms with Gasteiger partial charge in [0, 0.05) is 5.38 Å². The average Bonchev–Trinajstić information content (AvgIpc) is 3.25. The fourth-order valence-corrected chi connectivity index (χ4v) is 3.78. The Hall–Kier alpha value is -3.01. The van der Waals surface area contributed by atoms with E-state index >= 15 is 0 Å². The fourth-order valence-electron chi connectivity index (χ4n) is 2.91. The number of carbonyl (C=O) groups is 2. The summed E-state index contributed by atoms with van der Waals surface area (Å²) in [6, 6.07) is 4.61. The molecule has 0 radical (unpaired) electrons. The Morgan fingerprint density at radius 3 is 2.50 bits per heavy atom. The van der Waals surface area contributed by atoms with Gasteiger partial charge in [-0.15, -0.1) is 11.3 Å². The smallest absolute Gasteiger partial charge is 0.295 e. The van der Waals surface area contributed by atoms with Crippen LogP contribution in [0.3, 0.4) is 0 Å². The summed E-state index contributed by atoms with van der Waals surface area (Å²) in [5.41, 5.74) is 0.674. The number of nitrogens with one attached hydrogen (secondary N) is 1. The summed E-state index contributed by atoms with van der Waals surface area (Å²) in [4.78, 5) is 29.4. The van der Waals surface area contributed by atoms with E-state index in [0.717, 1.165) is 17.8 Å². The molecule has 10 heteroatoms. The van der Waals surface area contributed by atoms with Crippen molar-refractivity contribution >= 4 is 28.2 Å². The van der Waals surface area contributed by atoms with Crippen LogP contribution in [0.15, 0.2) is 29.6 Å². The predicted molar refractivity (Wildman–Crippen MR) is 107 cm³/mol. The molecule has 0 atom stereocenters. The van der Waals surface area contributed by atoms with Crippen LogP contribution in [-0.2, 0) is 11.0 Å². The topological polar surface area (TPSA) is 76.9 Å². The highest BCUT2D eigenvalue weighted by Crippen LogP contribution is 2.31. The number of hydrogen-bond acceptors (Lipinski definition) is 5. The van der Waals surface area contributed by atoms with Gasteiger partial charge in [0.1, 0.15) is 0 Å². The molecule has 3 aromatic rings. The molecule has 1 N–H and O–H groups in total. The molecule has 0 aliphatic heterocycles. The highest BCUT2D eigenvalue weighted by molar-refractivity contribution is 7.14. The number of nitrogens with zero attached hydrogens (tertiary/aromatic N) is 3. The van der Waals surface area contributed by atoms with Crippen molar-refractivity contribution in [2.75, 3.05) is 5.32 Å². The van der Waals surface area contributed by atoms with Crippen molar-refractivity contribution in [3.63, 3.8) is 0 Å². The van der Waals surface area contributed by atoms with Gasteiger partial charge in [0.05, 0.1) is 33.9 Å². The lowest BCUT2D eigenvalue weighted by Crippen LogP contribution is -2.24. The van der Waals surface area contributed by atoms with Crippen molar-refractivity contribution in [2.45, 2.75) is 39.8 Å². The zero-order valence-electron chi connectivity index (χ0n) is 16.7. The van der Waals surface area contributed by atoms with Crippen LogP contribution in [0.25, 0.3) is 5.69 Å². The van der Waals surface area contributed by atoms with E-state index in [1.807, 2.05) is 13.8 Å². The quantitative estimate of drug-likeness (QED) is 0.456. The van der Waals surface area contributed by atoms with Gasteiger partial charge in [-0.05, 0) is 38.0 Å². The van der Waals surface area contributed by atoms with E-state index in [-0.39, 0.29) is 28.6 Å². The second-order valence-electron chi connectivity index (χ2n) is 7.02. The summed E-state index contributed by atoms with van der Waals surface area (Å²) in [6.45, 7) is 6.97. The first-order chi connectivity index (χ1) is 14.0. The summed E-state index contributed by atoms with van der Waals surface area (Å²) in [6.07, 6.45) is -4.51. The molecule has 0 aliphatic rings. The van der Waals surface area contributed by atoms with Gasteiger partial charge in [-0.1, -0.05) is 19.9 Å². The van der Waals surface area contributed by atoms with Crippen LogP contribution in [-0.4, -0.2) is 26.5 Å². The highest BCUT2D eigenvalue weighted by atomic mass is 32.1. The highest BCUT2D eigenvalue weighted by Gasteiger charge is 2.31. The number of aromatic nitrogens is 3. The summed E-state index contributed by atoms with van der Waals surface area (Å²) in [5.74, 6) is -1.53. The van der Waals surface area contributed by atoms with Gasteiger partial charge in [-0.25, -0.2) is 9.67 Å². The van der Waals surface area contributed by atoms with Crippen molar-refractivity contribution in [3.8, 4) is 5.69 Å². The molecular weight excluding hydrogens is 417 g/mol. The number of ketones is 1. The molecule has 0 fully saturated rings. The Labute approximate surface area is 174 Å². The number of aryl methyl sites for hydroxylation is 1. The SMILES string of the molecule is Cc1nn(-c2cccc(C(F)(F)F)c2)c(C)c1C(=O)C(=O)Nc1nc(C(C)C)cs1. The minimum atomic E-state index is -4.51. The van der Waals surface area contributed by atoms with Crippen LogP contribution in [0.4, 0.5) is 18.3 Å². The molecule has 0 bridgehead atoms. The Kier molecular flexibility index (Phi) is 5.80. The Morgan fingerprint density at radius 1 is 1.20 bits per heavy atom. The number of thiazole rings is 1. The molecule has 158 valence electrons. The lowest BCUT2D eigenvalue weighted by Gasteiger charge is -2.10. The first-order valence-electron chi connectivity index (χ1n) is 9.04. The van der Waals surface area contributed by atoms with E-state index in [4.69, 9.17) is 0 Å². The van der Waals surface area contributed by atoms with E-state index < -0.39 is 23.4 Å². The average molecular weight is 436 g/mol. The molecule has 2 aromatic heterocycles. The minimum Gasteiger partial charge on any atom is -0.295 e. The van der Waals surface area contributed by atoms with E-state index in [0.29, 0.717) is 5.13 Å². The van der Waals surface area contributed by atoms with Crippen LogP contribution in [0.1, 0.15) is 52.8 Å². The minimum absolute atomic E-state index is 0.0468. The second-order valence-corrected chi connectivity index (χ2v) is 7.88. The first kappa shape index (κ1) is 21.7. The monoisotopic (exact) mass is 436 g/mol. The van der Waals surface area contributed by atoms with Crippen molar-refractivity contribution in [2.24, 2.45) is 0 Å². The Morgan fingerprint density at radius 2 is 1.90 bits per heavy atom. The molecule has 1 aromatic carbocycles. The van der Waals surface area contributed by atoms with Crippen LogP contribution in [0.5, 0.6) is 0 Å². The molecule has 0 unspecified atom stereocenters. The molecule has 2 heterocycles. The number of amides is 1. The summed E-state index contributed by atoms with van der Waals surface area (Å²) >= 11 is 1.21. The zero-order chi connectivity index (χ0) is 22.2. The molecule has 6 nitrogen and oxygen atoms in total. The normalized spacial score (nSPS) is 11.7. The number of halogens is 3. The lowest BCUT2D eigenvalue weighted by molar-refractivity contribution is -0.137. The van der Waals surface area contributed by atoms with Gasteiger partial charge >= 0.3 is 6.18 Å².